The summed E-state index contributed by atoms with van der Waals surface area (Å²) in [4.78, 5) is 0. The lowest BCUT2D eigenvalue weighted by atomic mass is 9.96. The topological polar surface area (TPSA) is 35.2 Å². The van der Waals surface area contributed by atoms with Gasteiger partial charge < -0.3 is 10.5 Å². The number of nitrogens with two attached hydrogens (primary N) is 1. The maximum atomic E-state index is 6.37. The van der Waals surface area contributed by atoms with Crippen molar-refractivity contribution in [2.24, 2.45) is 11.1 Å². The molecule has 1 fully saturated rings. The summed E-state index contributed by atoms with van der Waals surface area (Å²) in [6, 6.07) is 8.42. The first kappa shape index (κ1) is 10.7. The third-order valence-electron chi connectivity index (χ3n) is 3.56. The molecule has 0 bridgehead atoms. The predicted molar refractivity (Wildman–Crippen MR) is 61.4 cm³/mol. The third-order valence-corrected chi connectivity index (χ3v) is 3.56. The Morgan fingerprint density at radius 1 is 1.40 bits per heavy atom. The Balaban J connectivity index is 2.27. The molecule has 0 heterocycles. The van der Waals surface area contributed by atoms with E-state index in [1.807, 2.05) is 0 Å². The maximum Gasteiger partial charge on any atom is 0.0713 e. The fourth-order valence-corrected chi connectivity index (χ4v) is 2.25. The van der Waals surface area contributed by atoms with Crippen LogP contribution in [0.3, 0.4) is 0 Å². The highest BCUT2D eigenvalue weighted by Gasteiger charge is 2.59. The summed E-state index contributed by atoms with van der Waals surface area (Å²) < 4.78 is 5.13. The van der Waals surface area contributed by atoms with Gasteiger partial charge >= 0.3 is 0 Å². The van der Waals surface area contributed by atoms with Gasteiger partial charge in [-0.2, -0.15) is 0 Å². The number of methoxy groups -OCH3 is 1. The van der Waals surface area contributed by atoms with Crippen LogP contribution in [0, 0.1) is 5.41 Å². The van der Waals surface area contributed by atoms with Crippen LogP contribution >= 0.6 is 0 Å². The average Bonchev–Trinajstić information content (AvgIpc) is 2.69. The monoisotopic (exact) mass is 205 g/mol. The zero-order valence-corrected chi connectivity index (χ0v) is 9.71. The summed E-state index contributed by atoms with van der Waals surface area (Å²) in [6.45, 7) is 5.09. The molecular formula is C13H19NO. The number of rotatable bonds is 3. The highest BCUT2D eigenvalue weighted by molar-refractivity contribution is 5.37. The minimum atomic E-state index is -0.128. The molecule has 1 aromatic carbocycles. The third kappa shape index (κ3) is 1.68. The Morgan fingerprint density at radius 2 is 2.07 bits per heavy atom. The summed E-state index contributed by atoms with van der Waals surface area (Å²) in [5.74, 6) is 0. The molecule has 0 spiro atoms. The highest BCUT2D eigenvalue weighted by atomic mass is 16.5. The van der Waals surface area contributed by atoms with Gasteiger partial charge in [0.15, 0.2) is 0 Å². The molecule has 0 aliphatic heterocycles. The van der Waals surface area contributed by atoms with Gasteiger partial charge in [0.25, 0.3) is 0 Å². The van der Waals surface area contributed by atoms with Gasteiger partial charge in [-0.25, -0.2) is 0 Å². The average molecular weight is 205 g/mol. The first-order valence-electron chi connectivity index (χ1n) is 5.37. The van der Waals surface area contributed by atoms with E-state index in [4.69, 9.17) is 10.5 Å². The second-order valence-corrected chi connectivity index (χ2v) is 5.17. The molecule has 1 aliphatic rings. The molecule has 2 heteroatoms. The van der Waals surface area contributed by atoms with Crippen LogP contribution in [0.4, 0.5) is 0 Å². The van der Waals surface area contributed by atoms with E-state index in [-0.39, 0.29) is 11.0 Å². The fraction of sp³-hybridized carbons (Fsp3) is 0.538. The highest BCUT2D eigenvalue weighted by Crippen LogP contribution is 2.60. The molecule has 82 valence electrons. The summed E-state index contributed by atoms with van der Waals surface area (Å²) >= 11 is 0. The van der Waals surface area contributed by atoms with E-state index in [0.29, 0.717) is 6.61 Å². The quantitative estimate of drug-likeness (QED) is 0.822. The van der Waals surface area contributed by atoms with Crippen LogP contribution in [0.25, 0.3) is 0 Å². The minimum absolute atomic E-state index is 0.128. The normalized spacial score (nSPS) is 27.7. The van der Waals surface area contributed by atoms with E-state index in [1.54, 1.807) is 7.11 Å². The second kappa shape index (κ2) is 3.32. The zero-order valence-electron chi connectivity index (χ0n) is 9.71. The number of ether oxygens (including phenoxy) is 1. The van der Waals surface area contributed by atoms with E-state index in [9.17, 15) is 0 Å². The number of hydrogen-bond donors (Lipinski definition) is 1. The van der Waals surface area contributed by atoms with Crippen LogP contribution in [0.15, 0.2) is 24.3 Å². The Bertz CT molecular complexity index is 373. The molecule has 1 atom stereocenters. The van der Waals surface area contributed by atoms with E-state index in [1.165, 1.54) is 11.1 Å². The van der Waals surface area contributed by atoms with Crippen molar-refractivity contribution in [2.45, 2.75) is 32.4 Å². The zero-order chi connectivity index (χ0) is 11.1. The summed E-state index contributed by atoms with van der Waals surface area (Å²) in [6.07, 6.45) is 1.07. The van der Waals surface area contributed by atoms with Crippen LogP contribution in [0.2, 0.25) is 0 Å². The number of hydrogen-bond acceptors (Lipinski definition) is 2. The SMILES string of the molecule is COCc1cccc(C2(N)CC2(C)C)c1. The molecule has 0 aromatic heterocycles. The molecule has 0 saturated heterocycles. The lowest BCUT2D eigenvalue weighted by molar-refractivity contribution is 0.185. The summed E-state index contributed by atoms with van der Waals surface area (Å²) in [5, 5.41) is 0. The molecular weight excluding hydrogens is 186 g/mol. The second-order valence-electron chi connectivity index (χ2n) is 5.17. The smallest absolute Gasteiger partial charge is 0.0713 e. The van der Waals surface area contributed by atoms with Gasteiger partial charge in [0.05, 0.1) is 6.61 Å². The number of benzene rings is 1. The largest absolute Gasteiger partial charge is 0.380 e. The Labute approximate surface area is 91.4 Å². The van der Waals surface area contributed by atoms with Crippen molar-refractivity contribution in [1.29, 1.82) is 0 Å². The van der Waals surface area contributed by atoms with Crippen LogP contribution in [0.1, 0.15) is 31.4 Å². The van der Waals surface area contributed by atoms with Gasteiger partial charge in [-0.15, -0.1) is 0 Å². The van der Waals surface area contributed by atoms with E-state index < -0.39 is 0 Å². The summed E-state index contributed by atoms with van der Waals surface area (Å²) in [5.41, 5.74) is 8.91. The molecule has 1 unspecified atom stereocenters. The van der Waals surface area contributed by atoms with Crippen LogP contribution in [0.5, 0.6) is 0 Å². The van der Waals surface area contributed by atoms with Crippen molar-refractivity contribution in [3.05, 3.63) is 35.4 Å². The van der Waals surface area contributed by atoms with Crippen molar-refractivity contribution in [3.8, 4) is 0 Å². The van der Waals surface area contributed by atoms with Crippen molar-refractivity contribution in [1.82, 2.24) is 0 Å². The Morgan fingerprint density at radius 3 is 2.60 bits per heavy atom. The molecule has 0 radical (unpaired) electrons. The standard InChI is InChI=1S/C13H19NO/c1-12(2)9-13(12,14)11-6-4-5-10(7-11)8-15-3/h4-7H,8-9,14H2,1-3H3. The molecule has 0 amide bonds. The molecule has 2 N–H and O–H groups in total. The van der Waals surface area contributed by atoms with Gasteiger partial charge in [0, 0.05) is 12.6 Å². The van der Waals surface area contributed by atoms with E-state index in [2.05, 4.69) is 38.1 Å². The molecule has 1 aliphatic carbocycles. The first-order chi connectivity index (χ1) is 6.99. The molecule has 2 nitrogen and oxygen atoms in total. The van der Waals surface area contributed by atoms with Gasteiger partial charge in [-0.3, -0.25) is 0 Å². The van der Waals surface area contributed by atoms with E-state index in [0.717, 1.165) is 6.42 Å². The van der Waals surface area contributed by atoms with Gasteiger partial charge in [0.1, 0.15) is 0 Å². The first-order valence-corrected chi connectivity index (χ1v) is 5.37. The lowest BCUT2D eigenvalue weighted by Gasteiger charge is -2.16. The molecule has 2 rings (SSSR count). The maximum absolute atomic E-state index is 6.37. The van der Waals surface area contributed by atoms with Gasteiger partial charge in [0.2, 0.25) is 0 Å². The van der Waals surface area contributed by atoms with E-state index >= 15 is 0 Å². The minimum Gasteiger partial charge on any atom is -0.380 e. The molecule has 1 aromatic rings. The summed E-state index contributed by atoms with van der Waals surface area (Å²) in [7, 11) is 1.71. The van der Waals surface area contributed by atoms with Gasteiger partial charge in [-0.1, -0.05) is 38.1 Å². The van der Waals surface area contributed by atoms with Crippen LogP contribution in [-0.4, -0.2) is 7.11 Å². The fourth-order valence-electron chi connectivity index (χ4n) is 2.25. The van der Waals surface area contributed by atoms with Crippen LogP contribution in [-0.2, 0) is 16.9 Å². The van der Waals surface area contributed by atoms with Crippen molar-refractivity contribution < 1.29 is 4.74 Å². The van der Waals surface area contributed by atoms with Crippen molar-refractivity contribution >= 4 is 0 Å². The van der Waals surface area contributed by atoms with Crippen molar-refractivity contribution in [3.63, 3.8) is 0 Å². The van der Waals surface area contributed by atoms with Gasteiger partial charge in [-0.05, 0) is 23.0 Å². The lowest BCUT2D eigenvalue weighted by Crippen LogP contribution is -2.25. The van der Waals surface area contributed by atoms with Crippen LogP contribution < -0.4 is 5.73 Å². The molecule has 1 saturated carbocycles. The van der Waals surface area contributed by atoms with Crippen molar-refractivity contribution in [2.75, 3.05) is 7.11 Å². The predicted octanol–water partition coefficient (Wildman–Crippen LogP) is 2.42. The Kier molecular flexibility index (Phi) is 2.36. The Hall–Kier alpha value is -0.860. The molecule has 15 heavy (non-hydrogen) atoms.